The van der Waals surface area contributed by atoms with Crippen molar-refractivity contribution in [1.82, 2.24) is 0 Å². The fourth-order valence-electron chi connectivity index (χ4n) is 0.852. The van der Waals surface area contributed by atoms with Crippen LogP contribution in [0.2, 0.25) is 0 Å². The van der Waals surface area contributed by atoms with Crippen LogP contribution in [0.4, 0.5) is 0 Å². The topological polar surface area (TPSA) is 72.8 Å². The third kappa shape index (κ3) is 2.95. The lowest BCUT2D eigenvalue weighted by atomic mass is 10.3. The summed E-state index contributed by atoms with van der Waals surface area (Å²) in [5.74, 6) is -1.22. The number of hydrogen-bond acceptors (Lipinski definition) is 4. The number of carbonyl (C=O) groups is 1. The van der Waals surface area contributed by atoms with Gasteiger partial charge in [0, 0.05) is 14.2 Å². The molecule has 6 heteroatoms. The zero-order chi connectivity index (χ0) is 10.5. The minimum absolute atomic E-state index is 0.0499. The summed E-state index contributed by atoms with van der Waals surface area (Å²) >= 11 is 0. The molecule has 0 radical (unpaired) electrons. The predicted molar refractivity (Wildman–Crippen MR) is 47.9 cm³/mol. The van der Waals surface area contributed by atoms with Crippen LogP contribution in [0, 0.1) is 0 Å². The van der Waals surface area contributed by atoms with E-state index in [0.717, 1.165) is 14.2 Å². The minimum atomic E-state index is -3.53. The van der Waals surface area contributed by atoms with Crippen molar-refractivity contribution in [3.8, 4) is 0 Å². The molecular weight excluding hydrogens is 195 g/mol. The number of aliphatic carboxylic acids is 1. The summed E-state index contributed by atoms with van der Waals surface area (Å²) in [5.41, 5.74) is -1.18. The SMILES string of the molecule is C=CCC(C(=O)O)P(=O)(OC)OC. The molecule has 1 unspecified atom stereocenters. The van der Waals surface area contributed by atoms with Gasteiger partial charge in [0.2, 0.25) is 0 Å². The van der Waals surface area contributed by atoms with E-state index in [1.807, 2.05) is 0 Å². The van der Waals surface area contributed by atoms with Crippen molar-refractivity contribution in [2.24, 2.45) is 0 Å². The van der Waals surface area contributed by atoms with E-state index >= 15 is 0 Å². The molecule has 0 aromatic rings. The molecule has 0 heterocycles. The van der Waals surface area contributed by atoms with E-state index in [-0.39, 0.29) is 6.42 Å². The third-order valence-electron chi connectivity index (χ3n) is 1.57. The minimum Gasteiger partial charge on any atom is -0.481 e. The molecule has 0 aliphatic heterocycles. The molecule has 0 bridgehead atoms. The van der Waals surface area contributed by atoms with Gasteiger partial charge in [0.15, 0.2) is 5.66 Å². The highest BCUT2D eigenvalue weighted by molar-refractivity contribution is 7.55. The molecule has 1 atom stereocenters. The molecule has 13 heavy (non-hydrogen) atoms. The van der Waals surface area contributed by atoms with Crippen LogP contribution in [0.25, 0.3) is 0 Å². The van der Waals surface area contributed by atoms with Crippen LogP contribution in [-0.4, -0.2) is 31.0 Å². The second-order valence-electron chi connectivity index (χ2n) is 2.28. The van der Waals surface area contributed by atoms with Crippen molar-refractivity contribution >= 4 is 13.6 Å². The average molecular weight is 208 g/mol. The Labute approximate surface area is 76.9 Å². The molecule has 76 valence electrons. The average Bonchev–Trinajstić information content (AvgIpc) is 2.12. The molecule has 0 amide bonds. The Kier molecular flexibility index (Phi) is 4.91. The first-order valence-corrected chi connectivity index (χ1v) is 5.18. The summed E-state index contributed by atoms with van der Waals surface area (Å²) in [6.45, 7) is 3.37. The monoisotopic (exact) mass is 208 g/mol. The standard InChI is InChI=1S/C7H13O5P/c1-4-5-6(7(8)9)13(10,11-2)12-3/h4,6H,1,5H2,2-3H3,(H,8,9). The predicted octanol–water partition coefficient (Wildman–Crippen LogP) is 1.50. The van der Waals surface area contributed by atoms with Crippen molar-refractivity contribution in [3.63, 3.8) is 0 Å². The Morgan fingerprint density at radius 1 is 1.62 bits per heavy atom. The number of carboxylic acid groups (broad SMARTS) is 1. The summed E-state index contributed by atoms with van der Waals surface area (Å²) < 4.78 is 20.7. The summed E-state index contributed by atoms with van der Waals surface area (Å²) in [6.07, 6.45) is 1.41. The van der Waals surface area contributed by atoms with Gasteiger partial charge in [0.05, 0.1) is 0 Å². The van der Waals surface area contributed by atoms with Gasteiger partial charge in [0.1, 0.15) is 0 Å². The van der Waals surface area contributed by atoms with E-state index in [1.54, 1.807) is 0 Å². The van der Waals surface area contributed by atoms with Crippen LogP contribution < -0.4 is 0 Å². The maximum absolute atomic E-state index is 11.6. The van der Waals surface area contributed by atoms with E-state index in [4.69, 9.17) is 5.11 Å². The molecule has 5 nitrogen and oxygen atoms in total. The van der Waals surface area contributed by atoms with Crippen LogP contribution in [0.3, 0.4) is 0 Å². The normalized spacial score (nSPS) is 13.7. The van der Waals surface area contributed by atoms with Crippen molar-refractivity contribution < 1.29 is 23.5 Å². The van der Waals surface area contributed by atoms with Gasteiger partial charge in [-0.05, 0) is 6.42 Å². The highest BCUT2D eigenvalue weighted by Crippen LogP contribution is 2.52. The Bertz CT molecular complexity index is 229. The van der Waals surface area contributed by atoms with Gasteiger partial charge in [-0.3, -0.25) is 9.36 Å². The number of rotatable bonds is 6. The zero-order valence-electron chi connectivity index (χ0n) is 7.60. The Hall–Kier alpha value is -0.640. The molecule has 1 N–H and O–H groups in total. The van der Waals surface area contributed by atoms with Crippen LogP contribution >= 0.6 is 7.60 Å². The molecule has 0 aliphatic rings. The molecule has 0 aromatic carbocycles. The summed E-state index contributed by atoms with van der Waals surface area (Å²) in [6, 6.07) is 0. The van der Waals surface area contributed by atoms with Gasteiger partial charge in [-0.1, -0.05) is 6.08 Å². The van der Waals surface area contributed by atoms with Crippen LogP contribution in [0.5, 0.6) is 0 Å². The lowest BCUT2D eigenvalue weighted by molar-refractivity contribution is -0.136. The second-order valence-corrected chi connectivity index (χ2v) is 4.72. The molecule has 0 saturated carbocycles. The van der Waals surface area contributed by atoms with Crippen molar-refractivity contribution in [1.29, 1.82) is 0 Å². The van der Waals surface area contributed by atoms with E-state index in [0.29, 0.717) is 0 Å². The van der Waals surface area contributed by atoms with E-state index in [9.17, 15) is 9.36 Å². The highest BCUT2D eigenvalue weighted by atomic mass is 31.2. The number of carboxylic acids is 1. The molecule has 0 fully saturated rings. The first kappa shape index (κ1) is 12.4. The smallest absolute Gasteiger partial charge is 0.344 e. The number of allylic oxidation sites excluding steroid dienone is 1. The van der Waals surface area contributed by atoms with Gasteiger partial charge >= 0.3 is 13.6 Å². The molecular formula is C7H13O5P. The van der Waals surface area contributed by atoms with E-state index < -0.39 is 19.2 Å². The summed E-state index contributed by atoms with van der Waals surface area (Å²) in [7, 11) is -1.22. The Morgan fingerprint density at radius 3 is 2.31 bits per heavy atom. The Morgan fingerprint density at radius 2 is 2.08 bits per heavy atom. The van der Waals surface area contributed by atoms with Crippen molar-refractivity contribution in [2.75, 3.05) is 14.2 Å². The van der Waals surface area contributed by atoms with Gasteiger partial charge in [-0.2, -0.15) is 0 Å². The first-order valence-electron chi connectivity index (χ1n) is 3.56. The van der Waals surface area contributed by atoms with Gasteiger partial charge in [0.25, 0.3) is 0 Å². The Balaban J connectivity index is 4.79. The van der Waals surface area contributed by atoms with Crippen molar-refractivity contribution in [3.05, 3.63) is 12.7 Å². The van der Waals surface area contributed by atoms with Crippen LogP contribution in [0.15, 0.2) is 12.7 Å². The molecule has 0 spiro atoms. The lowest BCUT2D eigenvalue weighted by Gasteiger charge is -2.19. The van der Waals surface area contributed by atoms with E-state index in [2.05, 4.69) is 15.6 Å². The fourth-order valence-corrected chi connectivity index (χ4v) is 2.19. The molecule has 0 saturated heterocycles. The fraction of sp³-hybridized carbons (Fsp3) is 0.571. The first-order chi connectivity index (χ1) is 6.01. The third-order valence-corrected chi connectivity index (χ3v) is 3.78. The maximum atomic E-state index is 11.6. The molecule has 0 aliphatic carbocycles. The lowest BCUT2D eigenvalue weighted by Crippen LogP contribution is -2.21. The zero-order valence-corrected chi connectivity index (χ0v) is 8.49. The van der Waals surface area contributed by atoms with Crippen LogP contribution in [-0.2, 0) is 18.4 Å². The number of hydrogen-bond donors (Lipinski definition) is 1. The van der Waals surface area contributed by atoms with Gasteiger partial charge in [-0.15, -0.1) is 6.58 Å². The molecule has 0 aromatic heterocycles. The summed E-state index contributed by atoms with van der Waals surface area (Å²) in [5, 5.41) is 8.72. The highest BCUT2D eigenvalue weighted by Gasteiger charge is 2.38. The molecule has 0 rings (SSSR count). The van der Waals surface area contributed by atoms with E-state index in [1.165, 1.54) is 6.08 Å². The second kappa shape index (κ2) is 5.17. The summed E-state index contributed by atoms with van der Waals surface area (Å²) in [4.78, 5) is 10.7. The van der Waals surface area contributed by atoms with Gasteiger partial charge in [-0.25, -0.2) is 0 Å². The van der Waals surface area contributed by atoms with Crippen molar-refractivity contribution in [2.45, 2.75) is 12.1 Å². The van der Waals surface area contributed by atoms with Crippen LogP contribution in [0.1, 0.15) is 6.42 Å². The van der Waals surface area contributed by atoms with Gasteiger partial charge < -0.3 is 14.2 Å². The maximum Gasteiger partial charge on any atom is 0.344 e. The largest absolute Gasteiger partial charge is 0.481 e. The quantitative estimate of drug-likeness (QED) is 0.529.